The molecule has 51 valence electrons. The van der Waals surface area contributed by atoms with Crippen LogP contribution in [0.3, 0.4) is 0 Å². The molecule has 2 N–H and O–H groups in total. The van der Waals surface area contributed by atoms with Gasteiger partial charge in [-0.2, -0.15) is 0 Å². The van der Waals surface area contributed by atoms with Crippen molar-refractivity contribution in [2.24, 2.45) is 5.73 Å². The van der Waals surface area contributed by atoms with Gasteiger partial charge >= 0.3 is 6.03 Å². The molecule has 0 spiro atoms. The van der Waals surface area contributed by atoms with Crippen molar-refractivity contribution < 1.29 is 4.79 Å². The molecule has 2 amide bonds. The average molecular weight is 128 g/mol. The first-order chi connectivity index (χ1) is 4.30. The van der Waals surface area contributed by atoms with E-state index in [4.69, 9.17) is 5.73 Å². The standard InChI is InChI=1S/C5H10N3O/c6-5(9)8-4-2-1-3-7-8/h1-4H2,(H2,6,9). The van der Waals surface area contributed by atoms with E-state index in [1.54, 1.807) is 0 Å². The van der Waals surface area contributed by atoms with Crippen LogP contribution in [0.25, 0.3) is 0 Å². The Morgan fingerprint density at radius 2 is 2.33 bits per heavy atom. The number of nitrogens with zero attached hydrogens (tertiary/aromatic N) is 2. The molecule has 0 aromatic carbocycles. The molecule has 1 aliphatic rings. The van der Waals surface area contributed by atoms with Crippen molar-refractivity contribution in [3.05, 3.63) is 0 Å². The van der Waals surface area contributed by atoms with Crippen LogP contribution in [0, 0.1) is 0 Å². The molecule has 4 nitrogen and oxygen atoms in total. The van der Waals surface area contributed by atoms with Crippen LogP contribution >= 0.6 is 0 Å². The largest absolute Gasteiger partial charge is 0.350 e. The Morgan fingerprint density at radius 3 is 2.67 bits per heavy atom. The molecule has 0 saturated carbocycles. The van der Waals surface area contributed by atoms with Crippen molar-refractivity contribution >= 4 is 6.03 Å². The SMILES string of the molecule is NC(=O)N1CCCC[N]1. The minimum atomic E-state index is -0.435. The van der Waals surface area contributed by atoms with Crippen molar-refractivity contribution in [3.63, 3.8) is 0 Å². The van der Waals surface area contributed by atoms with Gasteiger partial charge in [0.2, 0.25) is 0 Å². The summed E-state index contributed by atoms with van der Waals surface area (Å²) in [6.45, 7) is 1.43. The Balaban J connectivity index is 2.31. The van der Waals surface area contributed by atoms with Crippen LogP contribution in [-0.4, -0.2) is 24.1 Å². The monoisotopic (exact) mass is 128 g/mol. The van der Waals surface area contributed by atoms with E-state index in [9.17, 15) is 4.79 Å². The second-order valence-electron chi connectivity index (χ2n) is 2.03. The summed E-state index contributed by atoms with van der Waals surface area (Å²) in [5.41, 5.74) is 8.85. The number of amides is 2. The summed E-state index contributed by atoms with van der Waals surface area (Å²) in [5, 5.41) is 1.32. The molecule has 9 heavy (non-hydrogen) atoms. The highest BCUT2D eigenvalue weighted by Crippen LogP contribution is 1.99. The van der Waals surface area contributed by atoms with Crippen LogP contribution < -0.4 is 11.2 Å². The lowest BCUT2D eigenvalue weighted by molar-refractivity contribution is 0.158. The van der Waals surface area contributed by atoms with E-state index < -0.39 is 6.03 Å². The Hall–Kier alpha value is -0.770. The first kappa shape index (κ1) is 6.35. The fourth-order valence-corrected chi connectivity index (χ4v) is 0.815. The summed E-state index contributed by atoms with van der Waals surface area (Å²) in [4.78, 5) is 10.4. The fourth-order valence-electron chi connectivity index (χ4n) is 0.815. The van der Waals surface area contributed by atoms with E-state index in [-0.39, 0.29) is 0 Å². The fraction of sp³-hybridized carbons (Fsp3) is 0.800. The summed E-state index contributed by atoms with van der Waals surface area (Å²) >= 11 is 0. The van der Waals surface area contributed by atoms with Crippen LogP contribution in [0.2, 0.25) is 0 Å². The lowest BCUT2D eigenvalue weighted by Gasteiger charge is -2.22. The van der Waals surface area contributed by atoms with E-state index in [2.05, 4.69) is 5.43 Å². The number of hydrogen-bond acceptors (Lipinski definition) is 1. The first-order valence-electron chi connectivity index (χ1n) is 3.05. The topological polar surface area (TPSA) is 60.4 Å². The highest BCUT2D eigenvalue weighted by Gasteiger charge is 2.13. The van der Waals surface area contributed by atoms with Gasteiger partial charge in [-0.05, 0) is 12.8 Å². The Bertz CT molecular complexity index is 109. The van der Waals surface area contributed by atoms with Crippen molar-refractivity contribution in [2.75, 3.05) is 13.1 Å². The van der Waals surface area contributed by atoms with E-state index >= 15 is 0 Å². The van der Waals surface area contributed by atoms with E-state index in [1.165, 1.54) is 5.01 Å². The van der Waals surface area contributed by atoms with Crippen LogP contribution in [0.1, 0.15) is 12.8 Å². The van der Waals surface area contributed by atoms with Gasteiger partial charge in [-0.1, -0.05) is 0 Å². The molecule has 0 aromatic rings. The predicted molar refractivity (Wildman–Crippen MR) is 32.5 cm³/mol. The molecule has 0 bridgehead atoms. The number of rotatable bonds is 0. The lowest BCUT2D eigenvalue weighted by Crippen LogP contribution is -2.45. The third kappa shape index (κ3) is 1.57. The van der Waals surface area contributed by atoms with Crippen LogP contribution in [0.15, 0.2) is 0 Å². The molecule has 0 aliphatic carbocycles. The highest BCUT2D eigenvalue weighted by molar-refractivity contribution is 5.71. The third-order valence-electron chi connectivity index (χ3n) is 1.30. The van der Waals surface area contributed by atoms with E-state index in [0.717, 1.165) is 19.4 Å². The Labute approximate surface area is 54.0 Å². The molecule has 1 saturated heterocycles. The zero-order valence-electron chi connectivity index (χ0n) is 5.21. The number of hydrogen-bond donors (Lipinski definition) is 1. The number of carbonyl (C=O) groups excluding carboxylic acids is 1. The maximum Gasteiger partial charge on any atom is 0.330 e. The molecule has 1 radical (unpaired) electrons. The van der Waals surface area contributed by atoms with Gasteiger partial charge in [0, 0.05) is 13.1 Å². The van der Waals surface area contributed by atoms with Gasteiger partial charge in [0.15, 0.2) is 0 Å². The summed E-state index contributed by atoms with van der Waals surface area (Å²) in [5.74, 6) is 0. The van der Waals surface area contributed by atoms with Crippen molar-refractivity contribution in [1.29, 1.82) is 0 Å². The second kappa shape index (κ2) is 2.68. The van der Waals surface area contributed by atoms with Crippen LogP contribution in [0.5, 0.6) is 0 Å². The van der Waals surface area contributed by atoms with Gasteiger partial charge < -0.3 is 5.73 Å². The van der Waals surface area contributed by atoms with Crippen molar-refractivity contribution in [1.82, 2.24) is 10.4 Å². The molecular weight excluding hydrogens is 118 g/mol. The van der Waals surface area contributed by atoms with Gasteiger partial charge in [0.05, 0.1) is 0 Å². The smallest absolute Gasteiger partial charge is 0.330 e. The molecular formula is C5H10N3O. The van der Waals surface area contributed by atoms with E-state index in [1.807, 2.05) is 0 Å². The number of urea groups is 1. The molecule has 1 aliphatic heterocycles. The van der Waals surface area contributed by atoms with Crippen LogP contribution in [0.4, 0.5) is 4.79 Å². The first-order valence-corrected chi connectivity index (χ1v) is 3.05. The van der Waals surface area contributed by atoms with E-state index in [0.29, 0.717) is 6.54 Å². The average Bonchev–Trinajstić information content (AvgIpc) is 1.90. The van der Waals surface area contributed by atoms with Crippen molar-refractivity contribution in [2.45, 2.75) is 12.8 Å². The Kier molecular flexibility index (Phi) is 1.89. The quantitative estimate of drug-likeness (QED) is 0.477. The maximum absolute atomic E-state index is 10.4. The summed E-state index contributed by atoms with van der Waals surface area (Å²) in [6, 6.07) is -0.435. The minimum Gasteiger partial charge on any atom is -0.350 e. The van der Waals surface area contributed by atoms with Crippen LogP contribution in [-0.2, 0) is 0 Å². The highest BCUT2D eigenvalue weighted by atomic mass is 16.2. The summed E-state index contributed by atoms with van der Waals surface area (Å²) in [7, 11) is 0. The van der Waals surface area contributed by atoms with Crippen molar-refractivity contribution in [3.8, 4) is 0 Å². The molecule has 0 aromatic heterocycles. The zero-order valence-corrected chi connectivity index (χ0v) is 5.21. The predicted octanol–water partition coefficient (Wildman–Crippen LogP) is -0.320. The molecule has 1 rings (SSSR count). The van der Waals surface area contributed by atoms with Gasteiger partial charge in [-0.3, -0.25) is 0 Å². The Morgan fingerprint density at radius 1 is 1.56 bits per heavy atom. The molecule has 0 unspecified atom stereocenters. The summed E-state index contributed by atoms with van der Waals surface area (Å²) < 4.78 is 0. The molecule has 1 heterocycles. The molecule has 0 atom stereocenters. The van der Waals surface area contributed by atoms with Gasteiger partial charge in [-0.15, -0.1) is 5.43 Å². The van der Waals surface area contributed by atoms with Gasteiger partial charge in [-0.25, -0.2) is 9.80 Å². The second-order valence-corrected chi connectivity index (χ2v) is 2.03. The molecule has 4 heteroatoms. The maximum atomic E-state index is 10.4. The normalized spacial score (nSPS) is 19.8. The molecule has 1 fully saturated rings. The van der Waals surface area contributed by atoms with Gasteiger partial charge in [0.1, 0.15) is 0 Å². The third-order valence-corrected chi connectivity index (χ3v) is 1.30. The number of primary amides is 1. The number of nitrogens with two attached hydrogens (primary N) is 1. The zero-order chi connectivity index (χ0) is 6.69. The van der Waals surface area contributed by atoms with Gasteiger partial charge in [0.25, 0.3) is 0 Å². The minimum absolute atomic E-state index is 0.435. The lowest BCUT2D eigenvalue weighted by atomic mass is 10.3. The number of carbonyl (C=O) groups is 1. The summed E-state index contributed by atoms with van der Waals surface area (Å²) in [6.07, 6.45) is 2.09.